The summed E-state index contributed by atoms with van der Waals surface area (Å²) < 4.78 is 51.9. The maximum Gasteiger partial charge on any atom is 0.418 e. The van der Waals surface area contributed by atoms with Gasteiger partial charge in [-0.15, -0.1) is 0 Å². The van der Waals surface area contributed by atoms with Crippen molar-refractivity contribution in [1.82, 2.24) is 14.9 Å². The fourth-order valence-electron chi connectivity index (χ4n) is 4.17. The molecule has 1 amide bonds. The molecule has 0 aliphatic carbocycles. The number of methoxy groups -OCH3 is 1. The first kappa shape index (κ1) is 26.6. The summed E-state index contributed by atoms with van der Waals surface area (Å²) in [6, 6.07) is 5.90. The smallest absolute Gasteiger partial charge is 0.418 e. The third kappa shape index (κ3) is 5.75. The van der Waals surface area contributed by atoms with Gasteiger partial charge in [-0.1, -0.05) is 13.8 Å². The first-order valence-corrected chi connectivity index (χ1v) is 11.9. The number of aliphatic hydroxyl groups excluding tert-OH is 1. The predicted molar refractivity (Wildman–Crippen MR) is 133 cm³/mol. The summed E-state index contributed by atoms with van der Waals surface area (Å²) in [5.41, 5.74) is 0.263. The summed E-state index contributed by atoms with van der Waals surface area (Å²) in [5.74, 6) is 0.425. The van der Waals surface area contributed by atoms with Crippen LogP contribution in [0.4, 0.5) is 30.4 Å². The Labute approximate surface area is 212 Å². The molecule has 0 radical (unpaired) electrons. The highest BCUT2D eigenvalue weighted by molar-refractivity contribution is 5.97. The molecule has 0 saturated carbocycles. The minimum absolute atomic E-state index is 0.0263. The molecule has 9 nitrogen and oxygen atoms in total. The first-order chi connectivity index (χ1) is 17.6. The summed E-state index contributed by atoms with van der Waals surface area (Å²) in [6.07, 6.45) is -3.72. The van der Waals surface area contributed by atoms with E-state index < -0.39 is 17.8 Å². The van der Waals surface area contributed by atoms with Crippen molar-refractivity contribution in [2.45, 2.75) is 26.1 Å². The number of anilines is 3. The monoisotopic (exact) mass is 521 g/mol. The van der Waals surface area contributed by atoms with Crippen LogP contribution < -0.4 is 15.4 Å². The number of halogens is 3. The number of rotatable bonds is 8. The molecule has 37 heavy (non-hydrogen) atoms. The number of benzene rings is 1. The molecule has 1 aliphatic rings. The largest absolute Gasteiger partial charge is 0.495 e. The van der Waals surface area contributed by atoms with Crippen LogP contribution in [0.15, 0.2) is 30.5 Å². The number of fused-ring (bicyclic) bond motifs is 1. The lowest BCUT2D eigenvalue weighted by Crippen LogP contribution is -2.40. The third-order valence-corrected chi connectivity index (χ3v) is 6.30. The number of morpholine rings is 1. The van der Waals surface area contributed by atoms with E-state index in [9.17, 15) is 23.1 Å². The lowest BCUT2D eigenvalue weighted by atomic mass is 10.0. The van der Waals surface area contributed by atoms with Gasteiger partial charge in [0.15, 0.2) is 0 Å². The summed E-state index contributed by atoms with van der Waals surface area (Å²) in [7, 11) is 1.46. The van der Waals surface area contributed by atoms with Crippen molar-refractivity contribution in [3.63, 3.8) is 0 Å². The fraction of sp³-hybridized carbons (Fsp3) is 0.440. The number of aromatic amines is 1. The van der Waals surface area contributed by atoms with Gasteiger partial charge in [-0.05, 0) is 24.1 Å². The molecule has 0 unspecified atom stereocenters. The van der Waals surface area contributed by atoms with Crippen LogP contribution in [0.3, 0.4) is 0 Å². The number of H-pyrrole nitrogens is 1. The molecular weight excluding hydrogens is 491 g/mol. The van der Waals surface area contributed by atoms with Gasteiger partial charge in [0.2, 0.25) is 0 Å². The first-order valence-electron chi connectivity index (χ1n) is 11.9. The molecule has 3 heterocycles. The average Bonchev–Trinajstić information content (AvgIpc) is 3.32. The highest BCUT2D eigenvalue weighted by Crippen LogP contribution is 2.40. The van der Waals surface area contributed by atoms with Crippen LogP contribution in [-0.2, 0) is 10.9 Å². The van der Waals surface area contributed by atoms with Crippen molar-refractivity contribution in [3.05, 3.63) is 41.6 Å². The molecule has 12 heteroatoms. The molecule has 4 rings (SSSR count). The van der Waals surface area contributed by atoms with Gasteiger partial charge in [0.25, 0.3) is 5.91 Å². The highest BCUT2D eigenvalue weighted by atomic mass is 19.4. The van der Waals surface area contributed by atoms with E-state index in [4.69, 9.17) is 9.47 Å². The quantitative estimate of drug-likeness (QED) is 0.351. The minimum atomic E-state index is -4.59. The molecule has 3 aromatic rings. The van der Waals surface area contributed by atoms with E-state index in [2.05, 4.69) is 20.6 Å². The van der Waals surface area contributed by atoms with Crippen LogP contribution >= 0.6 is 0 Å². The third-order valence-electron chi connectivity index (χ3n) is 6.30. The number of alkyl halides is 3. The standard InChI is InChI=1S/C25H30F3N5O4/c1-14(2)19(13-34)30-18-11-21(32-23-22(18)16(12-29-23)25(26,27)28)31-17-5-4-15(10-20(17)36-3)24(35)33-6-8-37-9-7-33/h4-5,10-12,14,19,34H,6-9,13H2,1-3H3,(H3,29,30,31,32)/t19-/m0/s1. The van der Waals surface area contributed by atoms with Gasteiger partial charge >= 0.3 is 6.18 Å². The zero-order valence-corrected chi connectivity index (χ0v) is 20.8. The number of aliphatic hydroxyl groups is 1. The highest BCUT2D eigenvalue weighted by Gasteiger charge is 2.35. The van der Waals surface area contributed by atoms with Crippen LogP contribution in [0.2, 0.25) is 0 Å². The Morgan fingerprint density at radius 2 is 1.97 bits per heavy atom. The fourth-order valence-corrected chi connectivity index (χ4v) is 4.17. The summed E-state index contributed by atoms with van der Waals surface area (Å²) in [5, 5.41) is 15.8. The van der Waals surface area contributed by atoms with Crippen molar-refractivity contribution in [3.8, 4) is 5.75 Å². The van der Waals surface area contributed by atoms with Gasteiger partial charge in [-0.2, -0.15) is 13.2 Å². The Hall–Kier alpha value is -3.51. The Morgan fingerprint density at radius 3 is 2.59 bits per heavy atom. The van der Waals surface area contributed by atoms with E-state index in [0.717, 1.165) is 6.20 Å². The molecule has 1 saturated heterocycles. The Morgan fingerprint density at radius 1 is 1.24 bits per heavy atom. The second-order valence-electron chi connectivity index (χ2n) is 9.10. The van der Waals surface area contributed by atoms with Gasteiger partial charge in [-0.25, -0.2) is 4.98 Å². The zero-order valence-electron chi connectivity index (χ0n) is 20.8. The van der Waals surface area contributed by atoms with E-state index in [-0.39, 0.29) is 41.0 Å². The molecule has 0 spiro atoms. The number of nitrogens with one attached hydrogen (secondary N) is 3. The maximum absolute atomic E-state index is 13.7. The van der Waals surface area contributed by atoms with E-state index in [1.807, 2.05) is 13.8 Å². The topological polar surface area (TPSA) is 112 Å². The van der Waals surface area contributed by atoms with Crippen molar-refractivity contribution in [1.29, 1.82) is 0 Å². The summed E-state index contributed by atoms with van der Waals surface area (Å²) >= 11 is 0. The normalized spacial score (nSPS) is 15.2. The van der Waals surface area contributed by atoms with Gasteiger partial charge in [0.1, 0.15) is 17.2 Å². The Kier molecular flexibility index (Phi) is 7.79. The summed E-state index contributed by atoms with van der Waals surface area (Å²) in [6.45, 7) is 5.42. The number of amides is 1. The average molecular weight is 522 g/mol. The van der Waals surface area contributed by atoms with E-state index in [1.54, 1.807) is 23.1 Å². The number of hydrogen-bond donors (Lipinski definition) is 4. The Bertz CT molecular complexity index is 1260. The second kappa shape index (κ2) is 10.9. The lowest BCUT2D eigenvalue weighted by molar-refractivity contribution is -0.136. The van der Waals surface area contributed by atoms with Gasteiger partial charge in [0, 0.05) is 36.6 Å². The Balaban J connectivity index is 1.69. The number of carbonyl (C=O) groups is 1. The van der Waals surface area contributed by atoms with E-state index in [0.29, 0.717) is 43.3 Å². The van der Waals surface area contributed by atoms with Crippen LogP contribution in [0.1, 0.15) is 29.8 Å². The number of aromatic nitrogens is 2. The maximum atomic E-state index is 13.7. The van der Waals surface area contributed by atoms with E-state index >= 15 is 0 Å². The molecule has 1 fully saturated rings. The van der Waals surface area contributed by atoms with Crippen molar-refractivity contribution in [2.24, 2.45) is 5.92 Å². The molecule has 200 valence electrons. The van der Waals surface area contributed by atoms with Crippen LogP contribution in [0.5, 0.6) is 5.75 Å². The molecule has 1 aliphatic heterocycles. The minimum Gasteiger partial charge on any atom is -0.495 e. The molecule has 0 bridgehead atoms. The van der Waals surface area contributed by atoms with Crippen molar-refractivity contribution < 1.29 is 32.5 Å². The van der Waals surface area contributed by atoms with E-state index in [1.165, 1.54) is 13.2 Å². The number of carbonyl (C=O) groups excluding carboxylic acids is 1. The zero-order chi connectivity index (χ0) is 26.7. The molecule has 4 N–H and O–H groups in total. The number of pyridine rings is 1. The van der Waals surface area contributed by atoms with Crippen LogP contribution in [-0.4, -0.2) is 71.9 Å². The van der Waals surface area contributed by atoms with Crippen molar-refractivity contribution in [2.75, 3.05) is 50.7 Å². The number of ether oxygens (including phenoxy) is 2. The number of nitrogens with zero attached hydrogens (tertiary/aromatic N) is 2. The van der Waals surface area contributed by atoms with Crippen LogP contribution in [0, 0.1) is 5.92 Å². The summed E-state index contributed by atoms with van der Waals surface area (Å²) in [4.78, 5) is 21.5. The van der Waals surface area contributed by atoms with Crippen molar-refractivity contribution >= 4 is 34.1 Å². The lowest BCUT2D eigenvalue weighted by Gasteiger charge is -2.27. The van der Waals surface area contributed by atoms with Gasteiger partial charge in [0.05, 0.1) is 49.6 Å². The molecule has 2 aromatic heterocycles. The molecule has 1 atom stereocenters. The van der Waals surface area contributed by atoms with Gasteiger partial charge < -0.3 is 35.1 Å². The predicted octanol–water partition coefficient (Wildman–Crippen LogP) is 4.24. The SMILES string of the molecule is COc1cc(C(=O)N2CCOCC2)ccc1Nc1cc(N[C@@H](CO)C(C)C)c2c(C(F)(F)F)c[nH]c2n1. The van der Waals surface area contributed by atoms with Crippen LogP contribution in [0.25, 0.3) is 11.0 Å². The number of hydrogen-bond acceptors (Lipinski definition) is 7. The second-order valence-corrected chi connectivity index (χ2v) is 9.10. The molecular formula is C25H30F3N5O4. The molecule has 1 aromatic carbocycles. The van der Waals surface area contributed by atoms with Gasteiger partial charge in [-0.3, -0.25) is 4.79 Å².